The summed E-state index contributed by atoms with van der Waals surface area (Å²) in [7, 11) is 0. The molecule has 1 aromatic carbocycles. The van der Waals surface area contributed by atoms with Crippen molar-refractivity contribution in [3.8, 4) is 0 Å². The van der Waals surface area contributed by atoms with Gasteiger partial charge in [0.25, 0.3) is 0 Å². The van der Waals surface area contributed by atoms with Gasteiger partial charge in [0.15, 0.2) is 5.82 Å². The van der Waals surface area contributed by atoms with Crippen LogP contribution in [-0.4, -0.2) is 10.1 Å². The van der Waals surface area contributed by atoms with Gasteiger partial charge in [-0.3, -0.25) is 0 Å². The van der Waals surface area contributed by atoms with Crippen molar-refractivity contribution < 1.29 is 4.52 Å². The Bertz CT molecular complexity index is 664. The van der Waals surface area contributed by atoms with Crippen LogP contribution in [0.5, 0.6) is 0 Å². The molecule has 2 aromatic rings. The van der Waals surface area contributed by atoms with E-state index in [-0.39, 0.29) is 23.4 Å². The largest absolute Gasteiger partial charge is 0.338 e. The monoisotopic (exact) mass is 369 g/mol. The Morgan fingerprint density at radius 2 is 1.95 bits per heavy atom. The van der Waals surface area contributed by atoms with Crippen LogP contribution in [0.3, 0.4) is 0 Å². The minimum Gasteiger partial charge on any atom is -0.338 e. The summed E-state index contributed by atoms with van der Waals surface area (Å²) in [5.74, 6) is 1.40. The van der Waals surface area contributed by atoms with E-state index in [1.165, 1.54) is 5.56 Å². The molecule has 112 valence electrons. The van der Waals surface area contributed by atoms with E-state index in [9.17, 15) is 0 Å². The normalized spacial score (nSPS) is 21.2. The van der Waals surface area contributed by atoms with Crippen molar-refractivity contribution in [2.24, 2.45) is 5.73 Å². The highest BCUT2D eigenvalue weighted by Gasteiger charge is 2.52. The number of benzene rings is 1. The van der Waals surface area contributed by atoms with Gasteiger partial charge in [-0.2, -0.15) is 4.98 Å². The molecule has 21 heavy (non-hydrogen) atoms. The molecule has 0 spiro atoms. The summed E-state index contributed by atoms with van der Waals surface area (Å²) in [6, 6.07) is 8.34. The van der Waals surface area contributed by atoms with E-state index in [0.29, 0.717) is 5.82 Å². The SMILES string of the molecule is Cl.NC1(c2noc(C3(c4cccc(Br)c4)CC3)n2)CCC1. The molecule has 4 rings (SSSR count). The fourth-order valence-electron chi connectivity index (χ4n) is 2.94. The molecule has 0 saturated heterocycles. The standard InChI is InChI=1S/C15H16BrN3O.ClH/c16-11-4-1-3-10(9-11)14(7-8-14)13-18-12(19-20-13)15(17)5-2-6-15;/h1,3-4,9H,2,5-8,17H2;1H. The van der Waals surface area contributed by atoms with E-state index in [1.807, 2.05) is 12.1 Å². The van der Waals surface area contributed by atoms with Crippen molar-refractivity contribution in [2.45, 2.75) is 43.1 Å². The minimum absolute atomic E-state index is 0. The summed E-state index contributed by atoms with van der Waals surface area (Å²) < 4.78 is 6.63. The summed E-state index contributed by atoms with van der Waals surface area (Å²) in [5.41, 5.74) is 7.07. The molecule has 0 aliphatic heterocycles. The van der Waals surface area contributed by atoms with Gasteiger partial charge in [-0.25, -0.2) is 0 Å². The zero-order chi connectivity index (χ0) is 13.8. The maximum atomic E-state index is 6.27. The number of aromatic nitrogens is 2. The first-order valence-electron chi connectivity index (χ1n) is 7.02. The molecule has 0 bridgehead atoms. The number of rotatable bonds is 3. The van der Waals surface area contributed by atoms with Crippen LogP contribution in [0.15, 0.2) is 33.3 Å². The van der Waals surface area contributed by atoms with Crippen molar-refractivity contribution in [1.29, 1.82) is 0 Å². The Kier molecular flexibility index (Phi) is 3.62. The Labute approximate surface area is 138 Å². The van der Waals surface area contributed by atoms with Crippen LogP contribution in [0.1, 0.15) is 49.4 Å². The van der Waals surface area contributed by atoms with Crippen molar-refractivity contribution in [1.82, 2.24) is 10.1 Å². The average Bonchev–Trinajstić information content (AvgIpc) is 3.07. The second kappa shape index (κ2) is 5.07. The predicted molar refractivity (Wildman–Crippen MR) is 85.4 cm³/mol. The van der Waals surface area contributed by atoms with Crippen LogP contribution in [-0.2, 0) is 11.0 Å². The van der Waals surface area contributed by atoms with Crippen LogP contribution in [0, 0.1) is 0 Å². The predicted octanol–water partition coefficient (Wildman–Crippen LogP) is 3.67. The second-order valence-corrected chi connectivity index (χ2v) is 6.94. The average molecular weight is 371 g/mol. The topological polar surface area (TPSA) is 64.9 Å². The summed E-state index contributed by atoms with van der Waals surface area (Å²) in [6.45, 7) is 0. The fraction of sp³-hybridized carbons (Fsp3) is 0.467. The van der Waals surface area contributed by atoms with Gasteiger partial charge >= 0.3 is 0 Å². The molecule has 0 amide bonds. The highest BCUT2D eigenvalue weighted by atomic mass is 79.9. The molecule has 2 aliphatic rings. The van der Waals surface area contributed by atoms with Crippen molar-refractivity contribution in [3.05, 3.63) is 46.0 Å². The lowest BCUT2D eigenvalue weighted by atomic mass is 9.77. The minimum atomic E-state index is -0.352. The highest BCUT2D eigenvalue weighted by Crippen LogP contribution is 2.53. The summed E-state index contributed by atoms with van der Waals surface area (Å²) >= 11 is 3.53. The second-order valence-electron chi connectivity index (χ2n) is 6.03. The van der Waals surface area contributed by atoms with E-state index in [4.69, 9.17) is 10.3 Å². The maximum Gasteiger partial charge on any atom is 0.237 e. The number of hydrogen-bond acceptors (Lipinski definition) is 4. The molecule has 0 radical (unpaired) electrons. The van der Waals surface area contributed by atoms with Crippen LogP contribution in [0.4, 0.5) is 0 Å². The molecule has 6 heteroatoms. The first-order valence-corrected chi connectivity index (χ1v) is 7.81. The van der Waals surface area contributed by atoms with E-state index < -0.39 is 0 Å². The molecule has 2 fully saturated rings. The maximum absolute atomic E-state index is 6.27. The zero-order valence-electron chi connectivity index (χ0n) is 11.5. The van der Waals surface area contributed by atoms with Gasteiger partial charge in [0.05, 0.1) is 11.0 Å². The fourth-order valence-corrected chi connectivity index (χ4v) is 3.34. The van der Waals surface area contributed by atoms with Gasteiger partial charge in [0.2, 0.25) is 5.89 Å². The molecular formula is C15H17BrClN3O. The third-order valence-corrected chi connectivity index (χ3v) is 5.15. The molecule has 0 atom stereocenters. The quantitative estimate of drug-likeness (QED) is 0.895. The highest BCUT2D eigenvalue weighted by molar-refractivity contribution is 9.10. The van der Waals surface area contributed by atoms with E-state index in [1.54, 1.807) is 0 Å². The lowest BCUT2D eigenvalue weighted by Gasteiger charge is -2.34. The Hall–Kier alpha value is -0.910. The van der Waals surface area contributed by atoms with Crippen LogP contribution in [0.25, 0.3) is 0 Å². The molecule has 0 unspecified atom stereocenters. The third-order valence-electron chi connectivity index (χ3n) is 4.65. The van der Waals surface area contributed by atoms with E-state index in [0.717, 1.165) is 42.5 Å². The molecule has 4 nitrogen and oxygen atoms in total. The van der Waals surface area contributed by atoms with Gasteiger partial charge in [-0.05, 0) is 49.8 Å². The zero-order valence-corrected chi connectivity index (χ0v) is 13.9. The summed E-state index contributed by atoms with van der Waals surface area (Å²) in [6.07, 6.45) is 5.17. The Morgan fingerprint density at radius 3 is 2.52 bits per heavy atom. The molecule has 2 aliphatic carbocycles. The van der Waals surface area contributed by atoms with Gasteiger partial charge in [0, 0.05) is 4.47 Å². The molecule has 2 N–H and O–H groups in total. The third kappa shape index (κ3) is 2.31. The van der Waals surface area contributed by atoms with Gasteiger partial charge < -0.3 is 10.3 Å². The summed E-state index contributed by atoms with van der Waals surface area (Å²) in [5, 5.41) is 4.14. The lowest BCUT2D eigenvalue weighted by molar-refractivity contribution is 0.228. The van der Waals surface area contributed by atoms with Crippen molar-refractivity contribution in [3.63, 3.8) is 0 Å². The number of hydrogen-bond donors (Lipinski definition) is 1. The summed E-state index contributed by atoms with van der Waals surface area (Å²) in [4.78, 5) is 4.63. The first-order chi connectivity index (χ1) is 9.62. The molecular weight excluding hydrogens is 354 g/mol. The van der Waals surface area contributed by atoms with Gasteiger partial charge in [-0.1, -0.05) is 33.2 Å². The smallest absolute Gasteiger partial charge is 0.237 e. The van der Waals surface area contributed by atoms with Crippen LogP contribution >= 0.6 is 28.3 Å². The van der Waals surface area contributed by atoms with Crippen LogP contribution < -0.4 is 5.73 Å². The van der Waals surface area contributed by atoms with Crippen molar-refractivity contribution >= 4 is 28.3 Å². The van der Waals surface area contributed by atoms with E-state index >= 15 is 0 Å². The Balaban J connectivity index is 0.00000132. The molecule has 1 heterocycles. The number of nitrogens with two attached hydrogens (primary N) is 1. The Morgan fingerprint density at radius 1 is 1.19 bits per heavy atom. The molecule has 2 saturated carbocycles. The van der Waals surface area contributed by atoms with Crippen molar-refractivity contribution in [2.75, 3.05) is 0 Å². The number of halogens is 2. The molecule has 1 aromatic heterocycles. The number of nitrogens with zero attached hydrogens (tertiary/aromatic N) is 2. The lowest BCUT2D eigenvalue weighted by Crippen LogP contribution is -2.44. The van der Waals surface area contributed by atoms with Gasteiger partial charge in [-0.15, -0.1) is 12.4 Å². The van der Waals surface area contributed by atoms with Crippen LogP contribution in [0.2, 0.25) is 0 Å². The van der Waals surface area contributed by atoms with Gasteiger partial charge in [0.1, 0.15) is 0 Å². The van der Waals surface area contributed by atoms with E-state index in [2.05, 4.69) is 38.2 Å². The first kappa shape index (κ1) is 15.0.